The van der Waals surface area contributed by atoms with E-state index in [2.05, 4.69) is 26.5 Å². The van der Waals surface area contributed by atoms with Gasteiger partial charge in [0.2, 0.25) is 0 Å². The molecule has 0 aromatic carbocycles. The van der Waals surface area contributed by atoms with Crippen molar-refractivity contribution in [3.8, 4) is 17.3 Å². The van der Waals surface area contributed by atoms with Crippen LogP contribution in [-0.4, -0.2) is 38.7 Å². The average Bonchev–Trinajstić information content (AvgIpc) is 3.71. The maximum atomic E-state index is 13.7. The van der Waals surface area contributed by atoms with Gasteiger partial charge >= 0.3 is 6.18 Å². The van der Waals surface area contributed by atoms with E-state index in [0.717, 1.165) is 45.2 Å². The van der Waals surface area contributed by atoms with Crippen LogP contribution in [0.25, 0.3) is 11.3 Å². The highest BCUT2D eigenvalue weighted by atomic mass is 19.4. The molecule has 1 amide bonds. The molecule has 8 nitrogen and oxygen atoms in total. The van der Waals surface area contributed by atoms with Crippen molar-refractivity contribution < 1.29 is 18.0 Å². The number of pyridine rings is 2. The molecule has 11 heteroatoms. The molecule has 3 aromatic heterocycles. The molecule has 2 saturated carbocycles. The van der Waals surface area contributed by atoms with Gasteiger partial charge in [-0.15, -0.1) is 0 Å². The van der Waals surface area contributed by atoms with Crippen molar-refractivity contribution in [3.63, 3.8) is 0 Å². The van der Waals surface area contributed by atoms with Gasteiger partial charge in [-0.2, -0.15) is 23.5 Å². The molecule has 1 aliphatic heterocycles. The standard InChI is InChI=1S/C26H24F3N7O/c27-26(28,29)22-21(10-18(12-31-22)35-9-8-24(15-35)4-5-24)34-23(37)20-3-1-2-19(33-20)17-11-32-36(13-17)16-25(14-30)6-7-25/h1-3,10-13H,4-9,15-16H2,(H,34,37). The maximum absolute atomic E-state index is 13.7. The summed E-state index contributed by atoms with van der Waals surface area (Å²) in [6.45, 7) is 2.03. The zero-order valence-corrected chi connectivity index (χ0v) is 19.9. The van der Waals surface area contributed by atoms with Gasteiger partial charge in [-0.25, -0.2) is 9.97 Å². The van der Waals surface area contributed by atoms with E-state index in [1.54, 1.807) is 29.2 Å². The molecule has 6 rings (SSSR count). The third-order valence-corrected chi connectivity index (χ3v) is 7.62. The summed E-state index contributed by atoms with van der Waals surface area (Å²) in [7, 11) is 0. The third-order valence-electron chi connectivity index (χ3n) is 7.62. The molecule has 3 fully saturated rings. The average molecular weight is 508 g/mol. The molecule has 4 heterocycles. The van der Waals surface area contributed by atoms with Gasteiger partial charge in [0.25, 0.3) is 5.91 Å². The first-order valence-electron chi connectivity index (χ1n) is 12.2. The Bertz CT molecular complexity index is 1420. The van der Waals surface area contributed by atoms with Crippen molar-refractivity contribution in [1.82, 2.24) is 19.7 Å². The number of hydrogen-bond donors (Lipinski definition) is 1. The van der Waals surface area contributed by atoms with Gasteiger partial charge in [-0.05, 0) is 55.7 Å². The number of alkyl halides is 3. The van der Waals surface area contributed by atoms with Crippen LogP contribution in [0, 0.1) is 22.2 Å². The lowest BCUT2D eigenvalue weighted by molar-refractivity contribution is -0.140. The molecule has 3 aromatic rings. The molecule has 1 N–H and O–H groups in total. The quantitative estimate of drug-likeness (QED) is 0.509. The van der Waals surface area contributed by atoms with Crippen LogP contribution in [0.15, 0.2) is 42.9 Å². The molecule has 3 aliphatic rings. The maximum Gasteiger partial charge on any atom is 0.435 e. The lowest BCUT2D eigenvalue weighted by Crippen LogP contribution is -2.23. The molecular formula is C26H24F3N7O. The van der Waals surface area contributed by atoms with Crippen molar-refractivity contribution in [2.24, 2.45) is 10.8 Å². The summed E-state index contributed by atoms with van der Waals surface area (Å²) in [5, 5.41) is 16.0. The Morgan fingerprint density at radius 3 is 2.65 bits per heavy atom. The first-order chi connectivity index (χ1) is 17.7. The Kier molecular flexibility index (Phi) is 5.26. The highest BCUT2D eigenvalue weighted by molar-refractivity contribution is 6.03. The predicted octanol–water partition coefficient (Wildman–Crippen LogP) is 4.91. The second-order valence-electron chi connectivity index (χ2n) is 10.4. The van der Waals surface area contributed by atoms with Gasteiger partial charge in [0, 0.05) is 24.8 Å². The summed E-state index contributed by atoms with van der Waals surface area (Å²) in [6, 6.07) is 8.43. The molecule has 0 unspecified atom stereocenters. The minimum Gasteiger partial charge on any atom is -0.370 e. The Balaban J connectivity index is 1.23. The number of amides is 1. The minimum absolute atomic E-state index is 0.0300. The van der Waals surface area contributed by atoms with Gasteiger partial charge in [0.1, 0.15) is 5.69 Å². The van der Waals surface area contributed by atoms with E-state index >= 15 is 0 Å². The SMILES string of the molecule is N#CC1(Cn2cc(-c3cccc(C(=O)Nc4cc(N5CCC6(CC6)C5)cnc4C(F)(F)F)n3)cn2)CC1. The van der Waals surface area contributed by atoms with Crippen LogP contribution in [0.4, 0.5) is 24.5 Å². The van der Waals surface area contributed by atoms with Crippen molar-refractivity contribution in [2.45, 2.75) is 44.8 Å². The Morgan fingerprint density at radius 1 is 1.16 bits per heavy atom. The van der Waals surface area contributed by atoms with Crippen LogP contribution < -0.4 is 10.2 Å². The normalized spacial score (nSPS) is 19.0. The number of nitrogens with one attached hydrogen (secondary N) is 1. The highest BCUT2D eigenvalue weighted by Gasteiger charge is 2.48. The summed E-state index contributed by atoms with van der Waals surface area (Å²) in [6.07, 6.45) is 4.81. The number of halogens is 3. The van der Waals surface area contributed by atoms with Gasteiger partial charge in [0.05, 0.1) is 47.5 Å². The fourth-order valence-corrected chi connectivity index (χ4v) is 4.95. The van der Waals surface area contributed by atoms with Crippen molar-refractivity contribution >= 4 is 17.3 Å². The first-order valence-corrected chi connectivity index (χ1v) is 12.2. The molecule has 37 heavy (non-hydrogen) atoms. The number of carbonyl (C=O) groups is 1. The van der Waals surface area contributed by atoms with Gasteiger partial charge < -0.3 is 10.2 Å². The number of aromatic nitrogens is 4. The molecule has 1 saturated heterocycles. The Labute approximate surface area is 211 Å². The van der Waals surface area contributed by atoms with Gasteiger partial charge in [0.15, 0.2) is 5.69 Å². The highest BCUT2D eigenvalue weighted by Crippen LogP contribution is 2.53. The lowest BCUT2D eigenvalue weighted by Gasteiger charge is -2.21. The summed E-state index contributed by atoms with van der Waals surface area (Å²) >= 11 is 0. The van der Waals surface area contributed by atoms with E-state index in [9.17, 15) is 23.2 Å². The topological polar surface area (TPSA) is 99.7 Å². The molecule has 0 atom stereocenters. The second kappa shape index (κ2) is 8.30. The van der Waals surface area contributed by atoms with Crippen LogP contribution in [0.1, 0.15) is 48.3 Å². The van der Waals surface area contributed by atoms with Crippen molar-refractivity contribution in [3.05, 3.63) is 54.2 Å². The molecule has 2 aliphatic carbocycles. The van der Waals surface area contributed by atoms with E-state index < -0.39 is 23.5 Å². The molecule has 1 spiro atoms. The third kappa shape index (κ3) is 4.63. The summed E-state index contributed by atoms with van der Waals surface area (Å²) in [5.74, 6) is -0.764. The van der Waals surface area contributed by atoms with Crippen LogP contribution in [0.5, 0.6) is 0 Å². The number of carbonyl (C=O) groups excluding carboxylic acids is 1. The van der Waals surface area contributed by atoms with E-state index in [4.69, 9.17) is 0 Å². The summed E-state index contributed by atoms with van der Waals surface area (Å²) in [5.41, 5.74) is 0.0156. The van der Waals surface area contributed by atoms with E-state index in [1.165, 1.54) is 18.3 Å². The number of rotatable bonds is 6. The van der Waals surface area contributed by atoms with Crippen LogP contribution >= 0.6 is 0 Å². The summed E-state index contributed by atoms with van der Waals surface area (Å²) < 4.78 is 42.8. The number of nitriles is 1. The fourth-order valence-electron chi connectivity index (χ4n) is 4.95. The molecule has 190 valence electrons. The smallest absolute Gasteiger partial charge is 0.370 e. The lowest BCUT2D eigenvalue weighted by atomic mass is 10.1. The van der Waals surface area contributed by atoms with Crippen molar-refractivity contribution in [2.75, 3.05) is 23.3 Å². The Hall–Kier alpha value is -3.94. The number of hydrogen-bond acceptors (Lipinski definition) is 6. The first kappa shape index (κ1) is 23.5. The zero-order chi connectivity index (χ0) is 25.8. The Morgan fingerprint density at radius 2 is 1.97 bits per heavy atom. The van der Waals surface area contributed by atoms with Crippen LogP contribution in [-0.2, 0) is 12.7 Å². The molecule has 0 radical (unpaired) electrons. The second-order valence-corrected chi connectivity index (χ2v) is 10.4. The van der Waals surface area contributed by atoms with Crippen LogP contribution in [0.3, 0.4) is 0 Å². The zero-order valence-electron chi connectivity index (χ0n) is 19.9. The van der Waals surface area contributed by atoms with Crippen molar-refractivity contribution in [1.29, 1.82) is 5.26 Å². The minimum atomic E-state index is -4.73. The van der Waals surface area contributed by atoms with E-state index in [-0.39, 0.29) is 16.5 Å². The summed E-state index contributed by atoms with van der Waals surface area (Å²) in [4.78, 5) is 23.1. The number of nitrogens with zero attached hydrogens (tertiary/aromatic N) is 6. The van der Waals surface area contributed by atoms with E-state index in [0.29, 0.717) is 23.5 Å². The van der Waals surface area contributed by atoms with Gasteiger partial charge in [-0.3, -0.25) is 9.48 Å². The largest absolute Gasteiger partial charge is 0.435 e. The predicted molar refractivity (Wildman–Crippen MR) is 128 cm³/mol. The molecule has 0 bridgehead atoms. The van der Waals surface area contributed by atoms with Gasteiger partial charge in [-0.1, -0.05) is 6.07 Å². The number of anilines is 2. The van der Waals surface area contributed by atoms with Crippen LogP contribution in [0.2, 0.25) is 0 Å². The fraction of sp³-hybridized carbons (Fsp3) is 0.423. The monoisotopic (exact) mass is 507 g/mol. The van der Waals surface area contributed by atoms with E-state index in [1.807, 2.05) is 4.90 Å². The molecular weight excluding hydrogens is 483 g/mol.